The molecule has 1 N–H and O–H groups in total. The maximum absolute atomic E-state index is 6.21. The monoisotopic (exact) mass is 702 g/mol. The number of hydrogen-bond acceptors (Lipinski definition) is 3. The van der Waals surface area contributed by atoms with Crippen LogP contribution in [0.25, 0.3) is 5.57 Å². The molecule has 0 bridgehead atoms. The van der Waals surface area contributed by atoms with Crippen molar-refractivity contribution in [3.8, 4) is 0 Å². The van der Waals surface area contributed by atoms with E-state index in [2.05, 4.69) is 165 Å². The molecule has 1 heterocycles. The van der Waals surface area contributed by atoms with Crippen LogP contribution >= 0.6 is 48.2 Å². The van der Waals surface area contributed by atoms with Crippen LogP contribution in [0, 0.1) is 0 Å². The normalized spacial score (nSPS) is 13.0. The summed E-state index contributed by atoms with van der Waals surface area (Å²) in [5.41, 5.74) is 7.99. The van der Waals surface area contributed by atoms with Crippen molar-refractivity contribution in [1.82, 2.24) is 10.2 Å². The summed E-state index contributed by atoms with van der Waals surface area (Å²) in [4.78, 5) is 4.82. The second-order valence-corrected chi connectivity index (χ2v) is 13.2. The van der Waals surface area contributed by atoms with Crippen LogP contribution in [0.2, 0.25) is 5.02 Å². The van der Waals surface area contributed by atoms with E-state index in [9.17, 15) is 0 Å². The van der Waals surface area contributed by atoms with Crippen molar-refractivity contribution in [2.45, 2.75) is 41.5 Å². The highest BCUT2D eigenvalue weighted by Gasteiger charge is 2.20. The molecule has 0 saturated heterocycles. The van der Waals surface area contributed by atoms with Crippen LogP contribution < -0.4 is 5.32 Å². The number of hydrogen-bond donors (Lipinski definition) is 1. The first-order chi connectivity index (χ1) is 22.0. The lowest BCUT2D eigenvalue weighted by Crippen LogP contribution is -2.21. The van der Waals surface area contributed by atoms with Crippen LogP contribution in [0.3, 0.4) is 0 Å². The zero-order chi connectivity index (χ0) is 31.4. The number of nitrogens with zero attached hydrogens (tertiary/aromatic N) is 1. The van der Waals surface area contributed by atoms with Crippen molar-refractivity contribution < 1.29 is 0 Å². The molecule has 246 valence electrons. The van der Waals surface area contributed by atoms with Gasteiger partial charge in [0.15, 0.2) is 0 Å². The highest BCUT2D eigenvalue weighted by Crippen LogP contribution is 2.46. The molecule has 1 aliphatic heterocycles. The summed E-state index contributed by atoms with van der Waals surface area (Å²) >= 11 is 8.03. The largest absolute Gasteiger partial charge is 0.310 e. The second-order valence-electron chi connectivity index (χ2n) is 11.7. The first kappa shape index (κ1) is 38.4. The van der Waals surface area contributed by atoms with E-state index in [4.69, 9.17) is 11.6 Å². The van der Waals surface area contributed by atoms with Crippen LogP contribution in [0.5, 0.6) is 0 Å². The fourth-order valence-corrected chi connectivity index (χ4v) is 6.99. The van der Waals surface area contributed by atoms with E-state index in [0.29, 0.717) is 12.0 Å². The molecular weight excluding hydrogens is 659 g/mol. The minimum atomic E-state index is 0. The molecule has 0 saturated carbocycles. The third-order valence-corrected chi connectivity index (χ3v) is 9.53. The van der Waals surface area contributed by atoms with Crippen molar-refractivity contribution in [2.24, 2.45) is 0 Å². The molecule has 5 aromatic carbocycles. The van der Waals surface area contributed by atoms with Crippen molar-refractivity contribution >= 4 is 53.7 Å². The second kappa shape index (κ2) is 19.7. The summed E-state index contributed by atoms with van der Waals surface area (Å²) in [7, 11) is 4.21. The number of benzene rings is 5. The lowest BCUT2D eigenvalue weighted by atomic mass is 9.88. The van der Waals surface area contributed by atoms with E-state index in [0.717, 1.165) is 31.0 Å². The lowest BCUT2D eigenvalue weighted by Gasteiger charge is -2.22. The van der Waals surface area contributed by atoms with Gasteiger partial charge in [0.2, 0.25) is 0 Å². The number of rotatable bonds is 10. The van der Waals surface area contributed by atoms with Crippen molar-refractivity contribution in [3.05, 3.63) is 172 Å². The minimum Gasteiger partial charge on any atom is -0.310 e. The summed E-state index contributed by atoms with van der Waals surface area (Å²) < 4.78 is 0. The Morgan fingerprint density at radius 1 is 0.681 bits per heavy atom. The van der Waals surface area contributed by atoms with E-state index in [1.807, 2.05) is 17.8 Å². The quantitative estimate of drug-likeness (QED) is 0.153. The van der Waals surface area contributed by atoms with E-state index < -0.39 is 0 Å². The predicted molar refractivity (Wildman–Crippen MR) is 209 cm³/mol. The first-order valence-electron chi connectivity index (χ1n) is 15.8. The summed E-state index contributed by atoms with van der Waals surface area (Å²) in [5, 5.41) is 4.47. The Morgan fingerprint density at radius 2 is 1.21 bits per heavy atom. The molecule has 6 heteroatoms. The van der Waals surface area contributed by atoms with Crippen molar-refractivity contribution in [2.75, 3.05) is 27.2 Å². The fraction of sp³-hybridized carbons (Fsp3) is 0.220. The highest BCUT2D eigenvalue weighted by atomic mass is 35.5. The molecule has 0 fully saturated rings. The molecule has 0 aromatic heterocycles. The van der Waals surface area contributed by atoms with Gasteiger partial charge in [-0.2, -0.15) is 0 Å². The Morgan fingerprint density at radius 3 is 1.81 bits per heavy atom. The highest BCUT2D eigenvalue weighted by molar-refractivity contribution is 7.99. The molecule has 6 rings (SSSR count). The van der Waals surface area contributed by atoms with Gasteiger partial charge in [0.1, 0.15) is 0 Å². The Kier molecular flexibility index (Phi) is 16.1. The third-order valence-electron chi connectivity index (χ3n) is 8.14. The van der Waals surface area contributed by atoms with E-state index in [1.54, 1.807) is 0 Å². The summed E-state index contributed by atoms with van der Waals surface area (Å²) in [6.07, 6.45) is 4.46. The molecular formula is C41H45Cl3N2S. The van der Waals surface area contributed by atoms with Crippen LogP contribution in [-0.4, -0.2) is 32.1 Å². The van der Waals surface area contributed by atoms with Gasteiger partial charge in [-0.25, -0.2) is 0 Å². The predicted octanol–water partition coefficient (Wildman–Crippen LogP) is 11.6. The van der Waals surface area contributed by atoms with Gasteiger partial charge in [-0.3, -0.25) is 0 Å². The fourth-order valence-electron chi connectivity index (χ4n) is 5.73. The van der Waals surface area contributed by atoms with Crippen LogP contribution in [0.15, 0.2) is 149 Å². The van der Waals surface area contributed by atoms with Gasteiger partial charge in [-0.1, -0.05) is 139 Å². The zero-order valence-corrected chi connectivity index (χ0v) is 30.5. The SMILES string of the molecule is CC(NCCC(c1ccccc1)c1ccccc1)c1ccccc1.CN(C)CCC=C1c2ccccc2Sc2ccc(Cl)cc21.Cl.Cl. The average molecular weight is 704 g/mol. The van der Waals surface area contributed by atoms with Crippen LogP contribution in [0.4, 0.5) is 0 Å². The topological polar surface area (TPSA) is 15.3 Å². The Labute approximate surface area is 303 Å². The Balaban J connectivity index is 0.000000247. The average Bonchev–Trinajstić information content (AvgIpc) is 3.08. The number of fused-ring (bicyclic) bond motifs is 2. The van der Waals surface area contributed by atoms with Gasteiger partial charge in [0.25, 0.3) is 0 Å². The molecule has 0 amide bonds. The van der Waals surface area contributed by atoms with Crippen LogP contribution in [-0.2, 0) is 0 Å². The maximum atomic E-state index is 6.21. The van der Waals surface area contributed by atoms with Gasteiger partial charge in [0.05, 0.1) is 0 Å². The molecule has 5 aromatic rings. The molecule has 0 spiro atoms. The summed E-state index contributed by atoms with van der Waals surface area (Å²) in [6, 6.07) is 47.4. The van der Waals surface area contributed by atoms with Gasteiger partial charge in [-0.05, 0) is 98.1 Å². The molecule has 1 unspecified atom stereocenters. The van der Waals surface area contributed by atoms with Gasteiger partial charge < -0.3 is 10.2 Å². The third kappa shape index (κ3) is 11.0. The lowest BCUT2D eigenvalue weighted by molar-refractivity contribution is 0.417. The van der Waals surface area contributed by atoms with Gasteiger partial charge >= 0.3 is 0 Å². The van der Waals surface area contributed by atoms with E-state index in [-0.39, 0.29) is 24.8 Å². The number of halogens is 3. The van der Waals surface area contributed by atoms with Crippen molar-refractivity contribution in [1.29, 1.82) is 0 Å². The molecule has 2 nitrogen and oxygen atoms in total. The molecule has 47 heavy (non-hydrogen) atoms. The molecule has 1 aliphatic rings. The molecule has 0 aliphatic carbocycles. The van der Waals surface area contributed by atoms with E-state index in [1.165, 1.54) is 43.2 Å². The van der Waals surface area contributed by atoms with Gasteiger partial charge in [-0.15, -0.1) is 24.8 Å². The zero-order valence-electron chi connectivity index (χ0n) is 27.3. The van der Waals surface area contributed by atoms with Gasteiger partial charge in [0, 0.05) is 33.3 Å². The molecule has 0 radical (unpaired) electrons. The summed E-state index contributed by atoms with van der Waals surface area (Å²) in [6.45, 7) is 4.27. The minimum absolute atomic E-state index is 0. The van der Waals surface area contributed by atoms with Crippen molar-refractivity contribution in [3.63, 3.8) is 0 Å². The Bertz CT molecular complexity index is 1620. The maximum Gasteiger partial charge on any atom is 0.0412 e. The number of nitrogens with one attached hydrogen (secondary N) is 1. The smallest absolute Gasteiger partial charge is 0.0412 e. The summed E-state index contributed by atoms with van der Waals surface area (Å²) in [5.74, 6) is 0.433. The first-order valence-corrected chi connectivity index (χ1v) is 17.0. The van der Waals surface area contributed by atoms with E-state index >= 15 is 0 Å². The van der Waals surface area contributed by atoms with Crippen LogP contribution in [0.1, 0.15) is 59.5 Å². The standard InChI is InChI=1S/C23H25N.C18H18ClNS.2ClH/c1-19(20-11-5-2-6-12-20)24-18-17-23(21-13-7-3-8-14-21)22-15-9-4-10-16-22;1-20(2)11-5-7-14-15-6-3-4-8-17(15)21-18-10-9-13(19)12-16(14)18;;/h2-16,19,23-24H,17-18H2,1H3;3-4,6-10,12H,5,11H2,1-2H3;2*1H. The Hall–Kier alpha value is -3.02. The molecule has 1 atom stereocenters.